The molecule has 0 amide bonds. The summed E-state index contributed by atoms with van der Waals surface area (Å²) in [4.78, 5) is 14.2. The van der Waals surface area contributed by atoms with Crippen LogP contribution in [0.3, 0.4) is 0 Å². The van der Waals surface area contributed by atoms with Crippen LogP contribution in [-0.2, 0) is 4.79 Å². The Morgan fingerprint density at radius 2 is 2.00 bits per heavy atom. The van der Waals surface area contributed by atoms with Crippen molar-refractivity contribution in [2.75, 3.05) is 14.1 Å². The molecule has 0 bridgehead atoms. The maximum absolute atomic E-state index is 12.0. The number of allylic oxidation sites excluding steroid dienone is 2. The fraction of sp³-hybridized carbons (Fsp3) is 0.583. The molecule has 1 aliphatic carbocycles. The van der Waals surface area contributed by atoms with Crippen LogP contribution >= 0.6 is 0 Å². The molecule has 0 radical (unpaired) electrons. The molecule has 15 heavy (non-hydrogen) atoms. The largest absolute Gasteiger partial charge is 0.303 e. The van der Waals surface area contributed by atoms with Gasteiger partial charge in [-0.15, -0.1) is 0 Å². The Hall–Kier alpha value is -0.673. The highest BCUT2D eigenvalue weighted by Gasteiger charge is 2.27. The first-order chi connectivity index (χ1) is 6.82. The first kappa shape index (κ1) is 12.4. The Kier molecular flexibility index (Phi) is 3.68. The normalized spacial score (nSPS) is 21.7. The van der Waals surface area contributed by atoms with Crippen molar-refractivity contribution in [3.05, 3.63) is 23.8 Å². The van der Waals surface area contributed by atoms with Gasteiger partial charge in [0.1, 0.15) is 13.5 Å². The van der Waals surface area contributed by atoms with Gasteiger partial charge in [-0.2, -0.15) is 0 Å². The third-order valence-corrected chi connectivity index (χ3v) is 4.33. The molecule has 0 aromatic rings. The third kappa shape index (κ3) is 3.14. The van der Waals surface area contributed by atoms with Crippen LogP contribution in [0.2, 0.25) is 19.6 Å². The van der Waals surface area contributed by atoms with Gasteiger partial charge in [0.15, 0.2) is 0 Å². The predicted molar refractivity (Wildman–Crippen MR) is 67.7 cm³/mol. The lowest BCUT2D eigenvalue weighted by molar-refractivity contribution is -0.109. The van der Waals surface area contributed by atoms with E-state index < -0.39 is 8.07 Å². The minimum absolute atomic E-state index is 0.371. The van der Waals surface area contributed by atoms with Crippen molar-refractivity contribution in [3.63, 3.8) is 0 Å². The van der Waals surface area contributed by atoms with Crippen LogP contribution in [0, 0.1) is 0 Å². The Balaban J connectivity index is 2.71. The van der Waals surface area contributed by atoms with Crippen LogP contribution in [0.4, 0.5) is 0 Å². The molecular weight excluding hydrogens is 202 g/mol. The van der Waals surface area contributed by atoms with E-state index in [1.165, 1.54) is 0 Å². The summed E-state index contributed by atoms with van der Waals surface area (Å²) in [5.74, 6) is 0. The second-order valence-corrected chi connectivity index (χ2v) is 10.3. The van der Waals surface area contributed by atoms with Crippen LogP contribution in [0.1, 0.15) is 6.42 Å². The Morgan fingerprint density at radius 1 is 1.40 bits per heavy atom. The second kappa shape index (κ2) is 4.45. The molecule has 1 rings (SSSR count). The fourth-order valence-electron chi connectivity index (χ4n) is 1.59. The number of carbonyl (C=O) groups is 1. The molecular formula is C12H21NOSi. The first-order valence-electron chi connectivity index (χ1n) is 5.42. The van der Waals surface area contributed by atoms with Gasteiger partial charge in [0.2, 0.25) is 0 Å². The van der Waals surface area contributed by atoms with Crippen molar-refractivity contribution in [1.29, 1.82) is 0 Å². The standard InChI is InChI=1S/C12H21NOSi/c1-13(2)11-8-6-10(7-9-11)12(14)15(3,4)5/h6-8,11H,9H2,1-5H3. The van der Waals surface area contributed by atoms with Gasteiger partial charge in [-0.3, -0.25) is 0 Å². The lowest BCUT2D eigenvalue weighted by Crippen LogP contribution is -2.35. The number of rotatable bonds is 3. The number of hydrogen-bond donors (Lipinski definition) is 0. The summed E-state index contributed by atoms with van der Waals surface area (Å²) >= 11 is 0. The van der Waals surface area contributed by atoms with Crippen LogP contribution in [-0.4, -0.2) is 38.5 Å². The molecule has 0 aromatic carbocycles. The highest BCUT2D eigenvalue weighted by atomic mass is 28.3. The summed E-state index contributed by atoms with van der Waals surface area (Å²) in [6.07, 6.45) is 7.17. The zero-order chi connectivity index (χ0) is 11.6. The molecule has 0 N–H and O–H groups in total. The van der Waals surface area contributed by atoms with Crippen LogP contribution in [0.15, 0.2) is 23.8 Å². The highest BCUT2D eigenvalue weighted by molar-refractivity contribution is 7.05. The van der Waals surface area contributed by atoms with Crippen molar-refractivity contribution in [1.82, 2.24) is 4.90 Å². The van der Waals surface area contributed by atoms with Crippen molar-refractivity contribution >= 4 is 13.5 Å². The summed E-state index contributed by atoms with van der Waals surface area (Å²) < 4.78 is 0. The number of nitrogens with zero attached hydrogens (tertiary/aromatic N) is 1. The highest BCUT2D eigenvalue weighted by Crippen LogP contribution is 2.18. The molecule has 0 saturated carbocycles. The topological polar surface area (TPSA) is 20.3 Å². The number of carbonyl (C=O) groups excluding carboxylic acids is 1. The molecule has 0 saturated heterocycles. The molecule has 1 unspecified atom stereocenters. The van der Waals surface area contributed by atoms with Gasteiger partial charge >= 0.3 is 0 Å². The van der Waals surface area contributed by atoms with Gasteiger partial charge in [0.25, 0.3) is 0 Å². The van der Waals surface area contributed by atoms with Crippen LogP contribution in [0.5, 0.6) is 0 Å². The van der Waals surface area contributed by atoms with Gasteiger partial charge in [-0.1, -0.05) is 37.9 Å². The van der Waals surface area contributed by atoms with Gasteiger partial charge in [-0.25, -0.2) is 0 Å². The van der Waals surface area contributed by atoms with Crippen LogP contribution in [0.25, 0.3) is 0 Å². The molecule has 0 heterocycles. The summed E-state index contributed by atoms with van der Waals surface area (Å²) in [6.45, 7) is 6.30. The molecule has 2 nitrogen and oxygen atoms in total. The smallest absolute Gasteiger partial charge is 0.139 e. The minimum Gasteiger partial charge on any atom is -0.303 e. The summed E-state index contributed by atoms with van der Waals surface area (Å²) in [5.41, 5.74) is 0.923. The van der Waals surface area contributed by atoms with E-state index in [1.807, 2.05) is 6.08 Å². The quantitative estimate of drug-likeness (QED) is 0.684. The summed E-state index contributed by atoms with van der Waals surface area (Å²) in [5, 5.41) is 0.371. The maximum Gasteiger partial charge on any atom is 0.139 e. The molecule has 0 fully saturated rings. The molecule has 1 atom stereocenters. The van der Waals surface area contributed by atoms with Crippen molar-refractivity contribution < 1.29 is 4.79 Å². The van der Waals surface area contributed by atoms with E-state index in [1.54, 1.807) is 0 Å². The minimum atomic E-state index is -1.67. The van der Waals surface area contributed by atoms with Crippen molar-refractivity contribution in [3.8, 4) is 0 Å². The lowest BCUT2D eigenvalue weighted by Gasteiger charge is -2.24. The first-order valence-corrected chi connectivity index (χ1v) is 8.92. The zero-order valence-corrected chi connectivity index (χ0v) is 11.4. The molecule has 3 heteroatoms. The molecule has 1 aliphatic rings. The van der Waals surface area contributed by atoms with E-state index in [9.17, 15) is 4.79 Å². The van der Waals surface area contributed by atoms with Crippen molar-refractivity contribution in [2.24, 2.45) is 0 Å². The predicted octanol–water partition coefficient (Wildman–Crippen LogP) is 2.25. The summed E-state index contributed by atoms with van der Waals surface area (Å²) in [6, 6.07) is 0.447. The van der Waals surface area contributed by atoms with Gasteiger partial charge in [0.05, 0.1) is 0 Å². The average Bonchev–Trinajstić information content (AvgIpc) is 2.15. The Bertz CT molecular complexity index is 310. The fourth-order valence-corrected chi connectivity index (χ4v) is 2.64. The van der Waals surface area contributed by atoms with Crippen LogP contribution < -0.4 is 0 Å². The SMILES string of the molecule is CN(C)C1C=CC(C(=O)[Si](C)(C)C)=CC1. The second-order valence-electron chi connectivity index (χ2n) is 5.36. The molecule has 0 spiro atoms. The van der Waals surface area contributed by atoms with E-state index in [2.05, 4.69) is 50.8 Å². The molecule has 0 aliphatic heterocycles. The third-order valence-electron chi connectivity index (χ3n) is 2.68. The molecule has 84 valence electrons. The van der Waals surface area contributed by atoms with Gasteiger partial charge in [-0.05, 0) is 20.5 Å². The van der Waals surface area contributed by atoms with Crippen molar-refractivity contribution in [2.45, 2.75) is 32.1 Å². The Labute approximate surface area is 93.7 Å². The van der Waals surface area contributed by atoms with E-state index >= 15 is 0 Å². The maximum atomic E-state index is 12.0. The monoisotopic (exact) mass is 223 g/mol. The lowest BCUT2D eigenvalue weighted by atomic mass is 10.0. The van der Waals surface area contributed by atoms with E-state index in [4.69, 9.17) is 0 Å². The van der Waals surface area contributed by atoms with Gasteiger partial charge in [0, 0.05) is 11.6 Å². The zero-order valence-electron chi connectivity index (χ0n) is 10.4. The summed E-state index contributed by atoms with van der Waals surface area (Å²) in [7, 11) is 2.46. The Morgan fingerprint density at radius 3 is 2.33 bits per heavy atom. The number of hydrogen-bond acceptors (Lipinski definition) is 2. The number of likely N-dealkylation sites (N-methyl/N-ethyl adjacent to an activating group) is 1. The average molecular weight is 223 g/mol. The van der Waals surface area contributed by atoms with Gasteiger partial charge < -0.3 is 9.69 Å². The van der Waals surface area contributed by atoms with E-state index in [-0.39, 0.29) is 0 Å². The van der Waals surface area contributed by atoms with E-state index in [0.29, 0.717) is 11.4 Å². The molecule has 0 aromatic heterocycles. The van der Waals surface area contributed by atoms with E-state index in [0.717, 1.165) is 12.0 Å².